The van der Waals surface area contributed by atoms with Crippen LogP contribution in [0.15, 0.2) is 29.0 Å². The summed E-state index contributed by atoms with van der Waals surface area (Å²) in [7, 11) is 0. The molecule has 1 unspecified atom stereocenters. The molecule has 1 atom stereocenters. The second-order valence-electron chi connectivity index (χ2n) is 2.75. The molecule has 2 nitrogen and oxygen atoms in total. The van der Waals surface area contributed by atoms with Crippen molar-refractivity contribution >= 4 is 34.3 Å². The van der Waals surface area contributed by atoms with Crippen LogP contribution in [0.1, 0.15) is 15.8 Å². The van der Waals surface area contributed by atoms with Crippen LogP contribution in [0.5, 0.6) is 0 Å². The first kappa shape index (κ1) is 10.1. The molecule has 0 aliphatic carbocycles. The SMILES string of the molecule is NNC(c1cccs1)c1sccc1Cl. The second kappa shape index (κ2) is 4.42. The molecule has 0 bridgehead atoms. The number of hydrogen-bond acceptors (Lipinski definition) is 4. The van der Waals surface area contributed by atoms with Gasteiger partial charge in [0.05, 0.1) is 11.1 Å². The summed E-state index contributed by atoms with van der Waals surface area (Å²) in [5, 5.41) is 4.77. The third-order valence-electron chi connectivity index (χ3n) is 1.90. The summed E-state index contributed by atoms with van der Waals surface area (Å²) in [5.41, 5.74) is 2.78. The van der Waals surface area contributed by atoms with Crippen LogP contribution < -0.4 is 11.3 Å². The fraction of sp³-hybridized carbons (Fsp3) is 0.111. The third kappa shape index (κ3) is 1.85. The van der Waals surface area contributed by atoms with E-state index in [1.807, 2.05) is 29.0 Å². The Morgan fingerprint density at radius 3 is 2.64 bits per heavy atom. The number of hydrazine groups is 1. The number of halogens is 1. The van der Waals surface area contributed by atoms with Gasteiger partial charge in [-0.2, -0.15) is 0 Å². The Hall–Kier alpha value is -0.390. The van der Waals surface area contributed by atoms with Gasteiger partial charge in [0, 0.05) is 9.75 Å². The van der Waals surface area contributed by atoms with E-state index in [1.165, 1.54) is 4.88 Å². The van der Waals surface area contributed by atoms with Gasteiger partial charge in [0.25, 0.3) is 0 Å². The van der Waals surface area contributed by atoms with Crippen LogP contribution in [0.25, 0.3) is 0 Å². The van der Waals surface area contributed by atoms with Crippen LogP contribution in [0.4, 0.5) is 0 Å². The van der Waals surface area contributed by atoms with E-state index >= 15 is 0 Å². The summed E-state index contributed by atoms with van der Waals surface area (Å²) in [6.45, 7) is 0. The Kier molecular flexibility index (Phi) is 3.20. The van der Waals surface area contributed by atoms with Crippen LogP contribution in [0.2, 0.25) is 5.02 Å². The molecular weight excluding hydrogens is 236 g/mol. The maximum Gasteiger partial charge on any atom is 0.0909 e. The molecule has 5 heteroatoms. The van der Waals surface area contributed by atoms with Gasteiger partial charge in [-0.25, -0.2) is 5.43 Å². The predicted molar refractivity (Wildman–Crippen MR) is 62.8 cm³/mol. The van der Waals surface area contributed by atoms with E-state index in [4.69, 9.17) is 17.4 Å². The first-order valence-electron chi connectivity index (χ1n) is 4.05. The molecule has 0 saturated heterocycles. The van der Waals surface area contributed by atoms with Crippen molar-refractivity contribution in [3.05, 3.63) is 43.7 Å². The fourth-order valence-corrected chi connectivity index (χ4v) is 3.36. The quantitative estimate of drug-likeness (QED) is 0.644. The molecule has 0 saturated carbocycles. The molecule has 14 heavy (non-hydrogen) atoms. The highest BCUT2D eigenvalue weighted by Gasteiger charge is 2.17. The number of rotatable bonds is 3. The molecule has 74 valence electrons. The molecule has 2 heterocycles. The van der Waals surface area contributed by atoms with Crippen molar-refractivity contribution in [2.75, 3.05) is 0 Å². The highest BCUT2D eigenvalue weighted by atomic mass is 35.5. The van der Waals surface area contributed by atoms with Crippen LogP contribution in [0.3, 0.4) is 0 Å². The van der Waals surface area contributed by atoms with Crippen molar-refractivity contribution in [1.29, 1.82) is 0 Å². The van der Waals surface area contributed by atoms with E-state index in [2.05, 4.69) is 5.43 Å². The molecular formula is C9H9ClN2S2. The predicted octanol–water partition coefficient (Wildman–Crippen LogP) is 3.02. The average Bonchev–Trinajstić information content (AvgIpc) is 2.80. The van der Waals surface area contributed by atoms with Crippen LogP contribution >= 0.6 is 34.3 Å². The highest BCUT2D eigenvalue weighted by Crippen LogP contribution is 2.33. The summed E-state index contributed by atoms with van der Waals surface area (Å²) in [6.07, 6.45) is 0. The summed E-state index contributed by atoms with van der Waals surface area (Å²) in [5.74, 6) is 5.53. The minimum atomic E-state index is 0.0162. The Balaban J connectivity index is 2.36. The minimum Gasteiger partial charge on any atom is -0.271 e. The van der Waals surface area contributed by atoms with E-state index in [0.29, 0.717) is 0 Å². The maximum absolute atomic E-state index is 6.05. The van der Waals surface area contributed by atoms with Gasteiger partial charge >= 0.3 is 0 Å². The lowest BCUT2D eigenvalue weighted by Gasteiger charge is -2.12. The molecule has 2 aromatic rings. The fourth-order valence-electron chi connectivity index (χ4n) is 1.25. The first-order valence-corrected chi connectivity index (χ1v) is 6.19. The van der Waals surface area contributed by atoms with Crippen molar-refractivity contribution in [3.63, 3.8) is 0 Å². The van der Waals surface area contributed by atoms with Crippen molar-refractivity contribution in [1.82, 2.24) is 5.43 Å². The number of nitrogens with one attached hydrogen (secondary N) is 1. The lowest BCUT2D eigenvalue weighted by molar-refractivity contribution is 0.656. The molecule has 0 aliphatic rings. The Morgan fingerprint density at radius 2 is 2.14 bits per heavy atom. The third-order valence-corrected chi connectivity index (χ3v) is 4.26. The molecule has 2 rings (SSSR count). The Bertz CT molecular complexity index is 397. The van der Waals surface area contributed by atoms with Crippen molar-refractivity contribution < 1.29 is 0 Å². The van der Waals surface area contributed by atoms with E-state index in [0.717, 1.165) is 9.90 Å². The van der Waals surface area contributed by atoms with Gasteiger partial charge in [0.15, 0.2) is 0 Å². The van der Waals surface area contributed by atoms with Crippen LogP contribution in [0, 0.1) is 0 Å². The molecule has 2 aromatic heterocycles. The van der Waals surface area contributed by atoms with Gasteiger partial charge in [-0.1, -0.05) is 17.7 Å². The van der Waals surface area contributed by atoms with Gasteiger partial charge in [-0.15, -0.1) is 22.7 Å². The summed E-state index contributed by atoms with van der Waals surface area (Å²) < 4.78 is 0. The Labute approximate surface area is 95.3 Å². The smallest absolute Gasteiger partial charge is 0.0909 e. The molecule has 0 spiro atoms. The summed E-state index contributed by atoms with van der Waals surface area (Å²) in [4.78, 5) is 2.24. The van der Waals surface area contributed by atoms with Crippen molar-refractivity contribution in [2.45, 2.75) is 6.04 Å². The van der Waals surface area contributed by atoms with Gasteiger partial charge < -0.3 is 0 Å². The van der Waals surface area contributed by atoms with Gasteiger partial charge in [-0.05, 0) is 22.9 Å². The highest BCUT2D eigenvalue weighted by molar-refractivity contribution is 7.12. The lowest BCUT2D eigenvalue weighted by Crippen LogP contribution is -2.27. The van der Waals surface area contributed by atoms with E-state index in [-0.39, 0.29) is 6.04 Å². The molecule has 0 fully saturated rings. The van der Waals surface area contributed by atoms with Crippen LogP contribution in [-0.2, 0) is 0 Å². The molecule has 0 aliphatic heterocycles. The number of hydrogen-bond donors (Lipinski definition) is 2. The molecule has 0 aromatic carbocycles. The van der Waals surface area contributed by atoms with Gasteiger partial charge in [0.1, 0.15) is 0 Å². The molecule has 3 N–H and O–H groups in total. The van der Waals surface area contributed by atoms with Crippen molar-refractivity contribution in [3.8, 4) is 0 Å². The van der Waals surface area contributed by atoms with E-state index in [1.54, 1.807) is 22.7 Å². The zero-order valence-corrected chi connectivity index (χ0v) is 9.62. The van der Waals surface area contributed by atoms with Crippen LogP contribution in [-0.4, -0.2) is 0 Å². The Morgan fingerprint density at radius 1 is 1.29 bits per heavy atom. The topological polar surface area (TPSA) is 38.0 Å². The zero-order chi connectivity index (χ0) is 9.97. The van der Waals surface area contributed by atoms with Gasteiger partial charge in [-0.3, -0.25) is 5.84 Å². The van der Waals surface area contributed by atoms with Gasteiger partial charge in [0.2, 0.25) is 0 Å². The normalized spacial score (nSPS) is 13.0. The average molecular weight is 245 g/mol. The minimum absolute atomic E-state index is 0.0162. The maximum atomic E-state index is 6.05. The first-order chi connectivity index (χ1) is 6.83. The van der Waals surface area contributed by atoms with Crippen molar-refractivity contribution in [2.24, 2.45) is 5.84 Å². The molecule has 0 amide bonds. The lowest BCUT2D eigenvalue weighted by atomic mass is 10.2. The largest absolute Gasteiger partial charge is 0.271 e. The zero-order valence-electron chi connectivity index (χ0n) is 7.24. The molecule has 0 radical (unpaired) electrons. The number of nitrogens with two attached hydrogens (primary N) is 1. The summed E-state index contributed by atoms with van der Waals surface area (Å²) >= 11 is 9.33. The summed E-state index contributed by atoms with van der Waals surface area (Å²) in [6, 6.07) is 5.96. The number of thiophene rings is 2. The second-order valence-corrected chi connectivity index (χ2v) is 5.08. The standard InChI is InChI=1S/C9H9ClN2S2/c10-6-3-5-14-9(6)8(12-11)7-2-1-4-13-7/h1-5,8,12H,11H2. The van der Waals surface area contributed by atoms with E-state index < -0.39 is 0 Å². The van der Waals surface area contributed by atoms with E-state index in [9.17, 15) is 0 Å². The monoisotopic (exact) mass is 244 g/mol.